The molecule has 0 saturated carbocycles. The van der Waals surface area contributed by atoms with Gasteiger partial charge in [0, 0.05) is 23.6 Å². The van der Waals surface area contributed by atoms with E-state index in [9.17, 15) is 18.0 Å². The van der Waals surface area contributed by atoms with E-state index in [4.69, 9.17) is 23.2 Å². The number of carbonyl (C=O) groups is 2. The Bertz CT molecular complexity index is 1090. The molecule has 2 rings (SSSR count). The van der Waals surface area contributed by atoms with E-state index in [1.807, 2.05) is 0 Å². The molecule has 0 unspecified atom stereocenters. The van der Waals surface area contributed by atoms with E-state index in [1.165, 1.54) is 18.0 Å². The topological polar surface area (TPSA) is 86.8 Å². The van der Waals surface area contributed by atoms with Gasteiger partial charge >= 0.3 is 0 Å². The van der Waals surface area contributed by atoms with Gasteiger partial charge in [0.05, 0.1) is 11.9 Å². The normalized spacial score (nSPS) is 12.2. The molecular formula is C22H27Cl2N3O4S. The lowest BCUT2D eigenvalue weighted by Crippen LogP contribution is -2.51. The lowest BCUT2D eigenvalue weighted by atomic mass is 10.1. The van der Waals surface area contributed by atoms with Gasteiger partial charge in [-0.15, -0.1) is 0 Å². The number of hydrogen-bond donors (Lipinski definition) is 1. The lowest BCUT2D eigenvalue weighted by Gasteiger charge is -2.33. The highest BCUT2D eigenvalue weighted by molar-refractivity contribution is 7.92. The first kappa shape index (κ1) is 26.0. The molecule has 0 aliphatic rings. The number of nitrogens with zero attached hydrogens (tertiary/aromatic N) is 2. The summed E-state index contributed by atoms with van der Waals surface area (Å²) in [5.74, 6) is -0.886. The van der Waals surface area contributed by atoms with Crippen molar-refractivity contribution in [2.24, 2.45) is 0 Å². The summed E-state index contributed by atoms with van der Waals surface area (Å²) in [5, 5.41) is 3.36. The Hall–Kier alpha value is -2.29. The van der Waals surface area contributed by atoms with Crippen LogP contribution in [-0.2, 0) is 26.2 Å². The molecule has 1 N–H and O–H groups in total. The maximum Gasteiger partial charge on any atom is 0.244 e. The van der Waals surface area contributed by atoms with Crippen molar-refractivity contribution in [3.8, 4) is 0 Å². The molecule has 2 amide bonds. The number of rotatable bonds is 9. The van der Waals surface area contributed by atoms with Gasteiger partial charge in [0.2, 0.25) is 21.8 Å². The van der Waals surface area contributed by atoms with Crippen molar-refractivity contribution in [3.05, 3.63) is 63.6 Å². The van der Waals surface area contributed by atoms with Crippen molar-refractivity contribution >= 4 is 50.7 Å². The Balaban J connectivity index is 2.49. The first-order valence-electron chi connectivity index (χ1n) is 9.97. The molecule has 0 aliphatic carbocycles. The van der Waals surface area contributed by atoms with Crippen LogP contribution in [0.2, 0.25) is 10.0 Å². The molecule has 0 saturated heterocycles. The molecule has 10 heteroatoms. The Morgan fingerprint density at radius 2 is 1.78 bits per heavy atom. The van der Waals surface area contributed by atoms with E-state index >= 15 is 0 Å². The highest BCUT2D eigenvalue weighted by atomic mass is 35.5. The van der Waals surface area contributed by atoms with Crippen LogP contribution in [0.3, 0.4) is 0 Å². The monoisotopic (exact) mass is 499 g/mol. The predicted molar refractivity (Wildman–Crippen MR) is 129 cm³/mol. The summed E-state index contributed by atoms with van der Waals surface area (Å²) in [5.41, 5.74) is 1.59. The Labute approximate surface area is 199 Å². The highest BCUT2D eigenvalue weighted by Gasteiger charge is 2.32. The second-order valence-corrected chi connectivity index (χ2v) is 10.1. The maximum absolute atomic E-state index is 13.5. The van der Waals surface area contributed by atoms with Gasteiger partial charge in [-0.05, 0) is 42.7 Å². The minimum atomic E-state index is -3.82. The third-order valence-corrected chi connectivity index (χ3v) is 6.78. The fraction of sp³-hybridized carbons (Fsp3) is 0.364. The number of hydrogen-bond acceptors (Lipinski definition) is 4. The van der Waals surface area contributed by atoms with Crippen molar-refractivity contribution in [1.29, 1.82) is 0 Å². The minimum Gasteiger partial charge on any atom is -0.357 e. The third-order valence-electron chi connectivity index (χ3n) is 5.05. The molecule has 1 atom stereocenters. The molecular weight excluding hydrogens is 473 g/mol. The van der Waals surface area contributed by atoms with Crippen LogP contribution in [0.15, 0.2) is 42.5 Å². The van der Waals surface area contributed by atoms with Crippen molar-refractivity contribution in [1.82, 2.24) is 10.2 Å². The van der Waals surface area contributed by atoms with E-state index in [0.717, 1.165) is 10.6 Å². The molecule has 0 aliphatic heterocycles. The molecule has 174 valence electrons. The van der Waals surface area contributed by atoms with Crippen LogP contribution in [0.1, 0.15) is 24.5 Å². The summed E-state index contributed by atoms with van der Waals surface area (Å²) in [4.78, 5) is 27.4. The van der Waals surface area contributed by atoms with Crippen LogP contribution >= 0.6 is 23.2 Å². The summed E-state index contributed by atoms with van der Waals surface area (Å²) in [6.07, 6.45) is 1.36. The van der Waals surface area contributed by atoms with Crippen LogP contribution in [0.5, 0.6) is 0 Å². The van der Waals surface area contributed by atoms with E-state index in [-0.39, 0.29) is 12.5 Å². The van der Waals surface area contributed by atoms with Gasteiger partial charge in [0.1, 0.15) is 12.6 Å². The summed E-state index contributed by atoms with van der Waals surface area (Å²) in [6.45, 7) is 3.08. The average Bonchev–Trinajstić information content (AvgIpc) is 2.73. The number of aryl methyl sites for hydroxylation is 1. The molecule has 7 nitrogen and oxygen atoms in total. The number of anilines is 1. The summed E-state index contributed by atoms with van der Waals surface area (Å²) < 4.78 is 26.2. The lowest BCUT2D eigenvalue weighted by molar-refractivity contribution is -0.140. The summed E-state index contributed by atoms with van der Waals surface area (Å²) in [7, 11) is -2.34. The van der Waals surface area contributed by atoms with Gasteiger partial charge in [0.25, 0.3) is 0 Å². The number of nitrogens with one attached hydrogen (secondary N) is 1. The third kappa shape index (κ3) is 6.37. The number of likely N-dealkylation sites (N-methyl/N-ethyl adjacent to an activating group) is 1. The van der Waals surface area contributed by atoms with E-state index < -0.39 is 28.5 Å². The molecule has 0 radical (unpaired) electrons. The fourth-order valence-electron chi connectivity index (χ4n) is 3.34. The zero-order valence-electron chi connectivity index (χ0n) is 18.4. The smallest absolute Gasteiger partial charge is 0.244 e. The van der Waals surface area contributed by atoms with Crippen LogP contribution in [-0.4, -0.2) is 51.0 Å². The minimum absolute atomic E-state index is 0.0521. The molecule has 0 heterocycles. The SMILES string of the molecule is CC[C@@H](C(=O)NC)N(Cc1ccccc1Cl)C(=O)CN(c1cc(Cl)ccc1C)S(C)(=O)=O. The first-order chi connectivity index (χ1) is 15.0. The second-order valence-electron chi connectivity index (χ2n) is 7.35. The molecule has 2 aromatic carbocycles. The van der Waals surface area contributed by atoms with Gasteiger partial charge in [-0.3, -0.25) is 13.9 Å². The van der Waals surface area contributed by atoms with E-state index in [2.05, 4.69) is 5.32 Å². The summed E-state index contributed by atoms with van der Waals surface area (Å²) >= 11 is 12.4. The number of carbonyl (C=O) groups excluding carboxylic acids is 2. The molecule has 0 fully saturated rings. The Kier molecular flexibility index (Phi) is 8.95. The number of amides is 2. The van der Waals surface area contributed by atoms with Gasteiger partial charge < -0.3 is 10.2 Å². The van der Waals surface area contributed by atoms with Crippen LogP contribution in [0.25, 0.3) is 0 Å². The zero-order chi connectivity index (χ0) is 24.1. The van der Waals surface area contributed by atoms with E-state index in [1.54, 1.807) is 50.2 Å². The maximum atomic E-state index is 13.5. The standard InChI is InChI=1S/C22H27Cl2N3O4S/c1-5-19(22(29)25-3)26(13-16-8-6-7-9-18(16)24)21(28)14-27(32(4,30)31)20-12-17(23)11-10-15(20)2/h6-12,19H,5,13-14H2,1-4H3,(H,25,29)/t19-/m0/s1. The van der Waals surface area contributed by atoms with Gasteiger partial charge in [-0.2, -0.15) is 0 Å². The van der Waals surface area contributed by atoms with Crippen LogP contribution < -0.4 is 9.62 Å². The largest absolute Gasteiger partial charge is 0.357 e. The summed E-state index contributed by atoms with van der Waals surface area (Å²) in [6, 6.07) is 11.0. The predicted octanol–water partition coefficient (Wildman–Crippen LogP) is 3.62. The highest BCUT2D eigenvalue weighted by Crippen LogP contribution is 2.27. The van der Waals surface area contributed by atoms with Crippen LogP contribution in [0.4, 0.5) is 5.69 Å². The van der Waals surface area contributed by atoms with Crippen molar-refractivity contribution in [3.63, 3.8) is 0 Å². The van der Waals surface area contributed by atoms with E-state index in [0.29, 0.717) is 33.3 Å². The molecule has 0 aromatic heterocycles. The Morgan fingerprint density at radius 3 is 2.34 bits per heavy atom. The molecule has 0 bridgehead atoms. The van der Waals surface area contributed by atoms with Gasteiger partial charge in [-0.1, -0.05) is 54.4 Å². The van der Waals surface area contributed by atoms with Gasteiger partial charge in [-0.25, -0.2) is 8.42 Å². The molecule has 32 heavy (non-hydrogen) atoms. The second kappa shape index (κ2) is 11.0. The number of benzene rings is 2. The number of sulfonamides is 1. The Morgan fingerprint density at radius 1 is 1.12 bits per heavy atom. The van der Waals surface area contributed by atoms with Crippen LogP contribution in [0, 0.1) is 6.92 Å². The molecule has 0 spiro atoms. The van der Waals surface area contributed by atoms with Crippen molar-refractivity contribution in [2.75, 3.05) is 24.2 Å². The van der Waals surface area contributed by atoms with Crippen molar-refractivity contribution < 1.29 is 18.0 Å². The first-order valence-corrected chi connectivity index (χ1v) is 12.6. The zero-order valence-corrected chi connectivity index (χ0v) is 20.8. The van der Waals surface area contributed by atoms with Gasteiger partial charge in [0.15, 0.2) is 0 Å². The fourth-order valence-corrected chi connectivity index (χ4v) is 4.60. The molecule has 2 aromatic rings. The quantitative estimate of drug-likeness (QED) is 0.570. The number of halogens is 2. The average molecular weight is 500 g/mol. The van der Waals surface area contributed by atoms with Crippen molar-refractivity contribution in [2.45, 2.75) is 32.9 Å².